The van der Waals surface area contributed by atoms with E-state index in [1.807, 2.05) is 33.8 Å². The van der Waals surface area contributed by atoms with E-state index in [1.54, 1.807) is 6.07 Å². The third-order valence-electron chi connectivity index (χ3n) is 2.21. The van der Waals surface area contributed by atoms with Crippen LogP contribution >= 0.6 is 0 Å². The predicted octanol–water partition coefficient (Wildman–Crippen LogP) is 3.98. The minimum atomic E-state index is -0.492. The molecule has 1 aromatic rings. The minimum absolute atomic E-state index is 0.0740. The molecule has 1 rings (SSSR count). The first kappa shape index (κ1) is 19.6. The fourth-order valence-electron chi connectivity index (χ4n) is 1.47. The van der Waals surface area contributed by atoms with Gasteiger partial charge in [-0.2, -0.15) is 0 Å². The summed E-state index contributed by atoms with van der Waals surface area (Å²) in [7, 11) is 0. The zero-order valence-corrected chi connectivity index (χ0v) is 14.0. The van der Waals surface area contributed by atoms with Crippen LogP contribution in [0.5, 0.6) is 0 Å². The number of rotatable bonds is 4. The largest absolute Gasteiger partial charge is 0.459 e. The Bertz CT molecular complexity index is 439. The van der Waals surface area contributed by atoms with Crippen molar-refractivity contribution in [3.63, 3.8) is 0 Å². The Morgan fingerprint density at radius 3 is 2.33 bits per heavy atom. The molecule has 3 nitrogen and oxygen atoms in total. The monoisotopic (exact) mass is 297 g/mol. The number of carbonyl (C=O) groups is 1. The molecule has 0 atom stereocenters. The van der Waals surface area contributed by atoms with Gasteiger partial charge in [-0.05, 0) is 39.3 Å². The van der Waals surface area contributed by atoms with Gasteiger partial charge in [-0.15, -0.1) is 0 Å². The number of carbonyl (C=O) groups excluding carboxylic acids is 1. The zero-order valence-electron chi connectivity index (χ0n) is 14.0. The van der Waals surface area contributed by atoms with Crippen molar-refractivity contribution in [2.24, 2.45) is 0 Å². The highest BCUT2D eigenvalue weighted by atomic mass is 19.1. The Morgan fingerprint density at radius 2 is 1.86 bits per heavy atom. The number of nitrogens with one attached hydrogen (secondary N) is 1. The smallest absolute Gasteiger partial charge is 0.320 e. The van der Waals surface area contributed by atoms with Crippen LogP contribution in [0.15, 0.2) is 18.2 Å². The quantitative estimate of drug-likeness (QED) is 0.854. The summed E-state index contributed by atoms with van der Waals surface area (Å²) in [5, 5.41) is 2.87. The summed E-state index contributed by atoms with van der Waals surface area (Å²) in [4.78, 5) is 11.4. The van der Waals surface area contributed by atoms with Crippen LogP contribution in [-0.2, 0) is 16.1 Å². The normalized spacial score (nSPS) is 10.6. The molecular formula is C17H28FNO2. The van der Waals surface area contributed by atoms with Gasteiger partial charge in [0.1, 0.15) is 11.4 Å². The molecule has 0 fully saturated rings. The topological polar surface area (TPSA) is 38.3 Å². The summed E-state index contributed by atoms with van der Waals surface area (Å²) in [6.45, 7) is 11.9. The van der Waals surface area contributed by atoms with E-state index in [2.05, 4.69) is 19.2 Å². The average Bonchev–Trinajstić information content (AvgIpc) is 2.30. The van der Waals surface area contributed by atoms with Gasteiger partial charge in [-0.1, -0.05) is 32.4 Å². The van der Waals surface area contributed by atoms with Crippen LogP contribution in [-0.4, -0.2) is 18.1 Å². The fraction of sp³-hybridized carbons (Fsp3) is 0.588. The van der Waals surface area contributed by atoms with Gasteiger partial charge in [0.05, 0.1) is 6.54 Å². The summed E-state index contributed by atoms with van der Waals surface area (Å²) in [6, 6.07) is 5.03. The van der Waals surface area contributed by atoms with Gasteiger partial charge in [0.15, 0.2) is 0 Å². The molecule has 0 radical (unpaired) electrons. The van der Waals surface area contributed by atoms with Crippen LogP contribution in [0, 0.1) is 12.7 Å². The molecule has 0 aliphatic carbocycles. The van der Waals surface area contributed by atoms with E-state index in [0.29, 0.717) is 12.1 Å². The van der Waals surface area contributed by atoms with Crippen LogP contribution in [0.2, 0.25) is 0 Å². The van der Waals surface area contributed by atoms with Gasteiger partial charge < -0.3 is 10.1 Å². The second-order valence-corrected chi connectivity index (χ2v) is 5.99. The number of hydrogen-bond donors (Lipinski definition) is 1. The Hall–Kier alpha value is -1.42. The number of halogens is 1. The summed E-state index contributed by atoms with van der Waals surface area (Å²) < 4.78 is 18.6. The molecule has 0 amide bonds. The minimum Gasteiger partial charge on any atom is -0.459 e. The van der Waals surface area contributed by atoms with Crippen LogP contribution in [0.4, 0.5) is 4.39 Å². The molecule has 0 unspecified atom stereocenters. The lowest BCUT2D eigenvalue weighted by Gasteiger charge is -2.19. The van der Waals surface area contributed by atoms with E-state index < -0.39 is 5.60 Å². The number of benzene rings is 1. The van der Waals surface area contributed by atoms with E-state index in [1.165, 1.54) is 12.5 Å². The number of ether oxygens (including phenoxy) is 1. The van der Waals surface area contributed by atoms with Crippen molar-refractivity contribution < 1.29 is 13.9 Å². The Kier molecular flexibility index (Phi) is 8.86. The third-order valence-corrected chi connectivity index (χ3v) is 2.21. The maximum atomic E-state index is 13.5. The van der Waals surface area contributed by atoms with Gasteiger partial charge in [0, 0.05) is 12.1 Å². The van der Waals surface area contributed by atoms with Crippen molar-refractivity contribution in [3.05, 3.63) is 35.1 Å². The molecule has 120 valence electrons. The molecule has 1 aromatic carbocycles. The summed E-state index contributed by atoms with van der Waals surface area (Å²) in [5.41, 5.74) is 0.931. The summed E-state index contributed by atoms with van der Waals surface area (Å²) in [6.07, 6.45) is 1.25. The van der Waals surface area contributed by atoms with Crippen molar-refractivity contribution in [3.8, 4) is 0 Å². The van der Waals surface area contributed by atoms with Crippen molar-refractivity contribution in [1.29, 1.82) is 0 Å². The first-order chi connectivity index (χ1) is 9.69. The van der Waals surface area contributed by atoms with Gasteiger partial charge in [0.25, 0.3) is 0 Å². The lowest BCUT2D eigenvalue weighted by molar-refractivity contribution is -0.153. The van der Waals surface area contributed by atoms with Crippen molar-refractivity contribution in [2.45, 2.75) is 60.1 Å². The van der Waals surface area contributed by atoms with Gasteiger partial charge in [0.2, 0.25) is 0 Å². The molecule has 0 saturated carbocycles. The highest BCUT2D eigenvalue weighted by Crippen LogP contribution is 2.09. The molecule has 4 heteroatoms. The van der Waals surface area contributed by atoms with E-state index in [0.717, 1.165) is 5.56 Å². The number of esters is 1. The van der Waals surface area contributed by atoms with Crippen LogP contribution < -0.4 is 5.32 Å². The Balaban J connectivity index is 0.00000122. The van der Waals surface area contributed by atoms with Crippen LogP contribution in [0.3, 0.4) is 0 Å². The van der Waals surface area contributed by atoms with Gasteiger partial charge in [-0.25, -0.2) is 4.39 Å². The Morgan fingerprint density at radius 1 is 1.29 bits per heavy atom. The fourth-order valence-corrected chi connectivity index (χ4v) is 1.47. The standard InChI is InChI=1S/C14H20FNO2.C3H8/c1-10-5-6-11(12(15)7-10)8-16-9-13(17)18-14(2,3)4;1-3-2/h5-7,16H,8-9H2,1-4H3;3H2,1-2H3. The van der Waals surface area contributed by atoms with E-state index in [4.69, 9.17) is 4.74 Å². The number of hydrogen-bond acceptors (Lipinski definition) is 3. The first-order valence-corrected chi connectivity index (χ1v) is 7.37. The van der Waals surface area contributed by atoms with E-state index in [-0.39, 0.29) is 18.3 Å². The number of aryl methyl sites for hydroxylation is 1. The van der Waals surface area contributed by atoms with Crippen molar-refractivity contribution in [2.75, 3.05) is 6.54 Å². The highest BCUT2D eigenvalue weighted by molar-refractivity contribution is 5.72. The second kappa shape index (κ2) is 9.50. The van der Waals surface area contributed by atoms with Gasteiger partial charge >= 0.3 is 5.97 Å². The molecule has 0 heterocycles. The maximum absolute atomic E-state index is 13.5. The first-order valence-electron chi connectivity index (χ1n) is 7.37. The second-order valence-electron chi connectivity index (χ2n) is 5.99. The predicted molar refractivity (Wildman–Crippen MR) is 84.7 cm³/mol. The summed E-state index contributed by atoms with van der Waals surface area (Å²) in [5.74, 6) is -0.596. The molecule has 21 heavy (non-hydrogen) atoms. The molecule has 0 aliphatic rings. The molecular weight excluding hydrogens is 269 g/mol. The zero-order chi connectivity index (χ0) is 16.5. The lowest BCUT2D eigenvalue weighted by atomic mass is 10.1. The molecule has 0 bridgehead atoms. The third kappa shape index (κ3) is 10.0. The average molecular weight is 297 g/mol. The maximum Gasteiger partial charge on any atom is 0.320 e. The molecule has 1 N–H and O–H groups in total. The molecule has 0 saturated heterocycles. The SMILES string of the molecule is CCC.Cc1ccc(CNCC(=O)OC(C)(C)C)c(F)c1. The molecule has 0 aliphatic heterocycles. The van der Waals surface area contributed by atoms with E-state index in [9.17, 15) is 9.18 Å². The van der Waals surface area contributed by atoms with Crippen LogP contribution in [0.1, 0.15) is 52.2 Å². The molecule has 0 aromatic heterocycles. The lowest BCUT2D eigenvalue weighted by Crippen LogP contribution is -2.31. The highest BCUT2D eigenvalue weighted by Gasteiger charge is 2.15. The van der Waals surface area contributed by atoms with Crippen molar-refractivity contribution in [1.82, 2.24) is 5.32 Å². The van der Waals surface area contributed by atoms with E-state index >= 15 is 0 Å². The van der Waals surface area contributed by atoms with Crippen molar-refractivity contribution >= 4 is 5.97 Å². The Labute approximate surface area is 127 Å². The van der Waals surface area contributed by atoms with Crippen LogP contribution in [0.25, 0.3) is 0 Å². The molecule has 0 spiro atoms. The van der Waals surface area contributed by atoms with Gasteiger partial charge in [-0.3, -0.25) is 4.79 Å². The summed E-state index contributed by atoms with van der Waals surface area (Å²) >= 11 is 0.